The Morgan fingerprint density at radius 1 is 1.50 bits per heavy atom. The molecule has 2 unspecified atom stereocenters. The van der Waals surface area contributed by atoms with Gasteiger partial charge < -0.3 is 10.1 Å². The summed E-state index contributed by atoms with van der Waals surface area (Å²) in [6.45, 7) is 3.63. The van der Waals surface area contributed by atoms with E-state index >= 15 is 0 Å². The largest absolute Gasteiger partial charge is 0.493 e. The lowest BCUT2D eigenvalue weighted by atomic mass is 9.91. The molecule has 1 aromatic carbocycles. The molecule has 1 aliphatic heterocycles. The first-order chi connectivity index (χ1) is 9.72. The molecule has 0 saturated carbocycles. The Hall–Kier alpha value is -1.52. The van der Waals surface area contributed by atoms with E-state index in [2.05, 4.69) is 23.4 Å². The van der Waals surface area contributed by atoms with E-state index < -0.39 is 0 Å². The quantitative estimate of drug-likeness (QED) is 0.941. The predicted molar refractivity (Wildman–Crippen MR) is 79.3 cm³/mol. The van der Waals surface area contributed by atoms with Crippen LogP contribution >= 0.6 is 11.6 Å². The van der Waals surface area contributed by atoms with Crippen LogP contribution in [0.25, 0.3) is 0 Å². The van der Waals surface area contributed by atoms with Gasteiger partial charge in [-0.25, -0.2) is 0 Å². The average molecular weight is 292 g/mol. The number of likely N-dealkylation sites (N-methyl/N-ethyl adjacent to an activating group) is 1. The van der Waals surface area contributed by atoms with Crippen molar-refractivity contribution in [1.29, 1.82) is 0 Å². The Bertz CT molecular complexity index is 591. The molecular weight excluding hydrogens is 274 g/mol. The summed E-state index contributed by atoms with van der Waals surface area (Å²) in [6.07, 6.45) is 1.70. The van der Waals surface area contributed by atoms with E-state index in [4.69, 9.17) is 16.3 Å². The van der Waals surface area contributed by atoms with Crippen molar-refractivity contribution in [3.8, 4) is 5.75 Å². The number of nitrogens with one attached hydrogen (secondary N) is 1. The van der Waals surface area contributed by atoms with E-state index in [9.17, 15) is 0 Å². The van der Waals surface area contributed by atoms with Crippen LogP contribution in [0, 0.1) is 0 Å². The standard InChI is InChI=1S/C15H18ClN3O/c1-3-17-14(15-12(16)8-18-19(15)2)11-9-20-13-7-5-4-6-10(11)13/h4-8,11,14,17H,3,9H2,1-2H3. The summed E-state index contributed by atoms with van der Waals surface area (Å²) in [6, 6.07) is 8.29. The monoisotopic (exact) mass is 291 g/mol. The molecule has 2 atom stereocenters. The minimum Gasteiger partial charge on any atom is -0.493 e. The number of para-hydroxylation sites is 1. The highest BCUT2D eigenvalue weighted by Crippen LogP contribution is 2.42. The number of fused-ring (bicyclic) bond motifs is 1. The molecule has 1 aliphatic rings. The minimum atomic E-state index is 0.101. The summed E-state index contributed by atoms with van der Waals surface area (Å²) in [5, 5.41) is 8.47. The fraction of sp³-hybridized carbons (Fsp3) is 0.400. The van der Waals surface area contributed by atoms with Crippen molar-refractivity contribution in [2.24, 2.45) is 7.05 Å². The molecule has 20 heavy (non-hydrogen) atoms. The Kier molecular flexibility index (Phi) is 3.68. The molecule has 2 heterocycles. The molecule has 5 heteroatoms. The zero-order chi connectivity index (χ0) is 14.1. The van der Waals surface area contributed by atoms with E-state index in [1.165, 1.54) is 5.56 Å². The molecule has 1 N–H and O–H groups in total. The van der Waals surface area contributed by atoms with Crippen LogP contribution in [0.3, 0.4) is 0 Å². The molecule has 0 saturated heterocycles. The van der Waals surface area contributed by atoms with Crippen molar-refractivity contribution >= 4 is 11.6 Å². The van der Waals surface area contributed by atoms with Crippen molar-refractivity contribution < 1.29 is 4.74 Å². The molecule has 3 rings (SSSR count). The van der Waals surface area contributed by atoms with Crippen LogP contribution < -0.4 is 10.1 Å². The molecule has 0 fully saturated rings. The van der Waals surface area contributed by atoms with Crippen molar-refractivity contribution in [3.05, 3.63) is 46.7 Å². The summed E-state index contributed by atoms with van der Waals surface area (Å²) in [7, 11) is 1.92. The van der Waals surface area contributed by atoms with Crippen LogP contribution in [0.4, 0.5) is 0 Å². The third-order valence-corrected chi connectivity index (χ3v) is 4.09. The van der Waals surface area contributed by atoms with E-state index in [0.717, 1.165) is 18.0 Å². The summed E-state index contributed by atoms with van der Waals surface area (Å²) >= 11 is 6.32. The second-order valence-electron chi connectivity index (χ2n) is 4.99. The summed E-state index contributed by atoms with van der Waals surface area (Å²) < 4.78 is 7.65. The highest BCUT2D eigenvalue weighted by Gasteiger charge is 2.34. The highest BCUT2D eigenvalue weighted by atomic mass is 35.5. The summed E-state index contributed by atoms with van der Waals surface area (Å²) in [4.78, 5) is 0. The normalized spacial score (nSPS) is 18.6. The number of ether oxygens (including phenoxy) is 1. The lowest BCUT2D eigenvalue weighted by Crippen LogP contribution is -2.30. The van der Waals surface area contributed by atoms with Crippen LogP contribution in [0.1, 0.15) is 30.1 Å². The fourth-order valence-corrected chi connectivity index (χ4v) is 3.17. The number of hydrogen-bond acceptors (Lipinski definition) is 3. The Morgan fingerprint density at radius 2 is 2.30 bits per heavy atom. The molecule has 4 nitrogen and oxygen atoms in total. The summed E-state index contributed by atoms with van der Waals surface area (Å²) in [5.74, 6) is 1.22. The number of hydrogen-bond donors (Lipinski definition) is 1. The summed E-state index contributed by atoms with van der Waals surface area (Å²) in [5.41, 5.74) is 2.24. The van der Waals surface area contributed by atoms with Gasteiger partial charge in [-0.3, -0.25) is 4.68 Å². The van der Waals surface area contributed by atoms with Crippen LogP contribution in [-0.4, -0.2) is 22.9 Å². The number of nitrogens with zero attached hydrogens (tertiary/aromatic N) is 2. The molecule has 2 aromatic rings. The Balaban J connectivity index is 2.01. The van der Waals surface area contributed by atoms with Gasteiger partial charge in [-0.05, 0) is 12.6 Å². The number of benzene rings is 1. The van der Waals surface area contributed by atoms with Gasteiger partial charge in [0, 0.05) is 18.5 Å². The topological polar surface area (TPSA) is 39.1 Å². The van der Waals surface area contributed by atoms with Gasteiger partial charge in [0.25, 0.3) is 0 Å². The molecule has 1 aromatic heterocycles. The second-order valence-corrected chi connectivity index (χ2v) is 5.40. The smallest absolute Gasteiger partial charge is 0.122 e. The van der Waals surface area contributed by atoms with E-state index in [-0.39, 0.29) is 12.0 Å². The maximum absolute atomic E-state index is 6.32. The van der Waals surface area contributed by atoms with Gasteiger partial charge in [0.2, 0.25) is 0 Å². The molecule has 106 valence electrons. The fourth-order valence-electron chi connectivity index (χ4n) is 2.88. The van der Waals surface area contributed by atoms with E-state index in [1.54, 1.807) is 6.20 Å². The first-order valence-electron chi connectivity index (χ1n) is 6.85. The lowest BCUT2D eigenvalue weighted by Gasteiger charge is -2.24. The third kappa shape index (κ3) is 2.19. The van der Waals surface area contributed by atoms with Crippen LogP contribution in [0.15, 0.2) is 30.5 Å². The number of aromatic nitrogens is 2. The molecule has 0 spiro atoms. The maximum atomic E-state index is 6.32. The Labute approximate surface area is 123 Å². The zero-order valence-corrected chi connectivity index (χ0v) is 12.4. The van der Waals surface area contributed by atoms with Gasteiger partial charge >= 0.3 is 0 Å². The molecular formula is C15H18ClN3O. The van der Waals surface area contributed by atoms with Crippen LogP contribution in [0.2, 0.25) is 5.02 Å². The number of halogens is 1. The Morgan fingerprint density at radius 3 is 3.00 bits per heavy atom. The molecule has 0 radical (unpaired) electrons. The van der Waals surface area contributed by atoms with Crippen LogP contribution in [-0.2, 0) is 7.05 Å². The van der Waals surface area contributed by atoms with Gasteiger partial charge in [0.15, 0.2) is 0 Å². The van der Waals surface area contributed by atoms with Crippen molar-refractivity contribution in [1.82, 2.24) is 15.1 Å². The second kappa shape index (κ2) is 5.46. The van der Waals surface area contributed by atoms with Crippen molar-refractivity contribution in [2.75, 3.05) is 13.2 Å². The molecule has 0 amide bonds. The lowest BCUT2D eigenvalue weighted by molar-refractivity contribution is 0.296. The third-order valence-electron chi connectivity index (χ3n) is 3.80. The zero-order valence-electron chi connectivity index (χ0n) is 11.6. The maximum Gasteiger partial charge on any atom is 0.122 e. The first-order valence-corrected chi connectivity index (χ1v) is 7.22. The molecule has 0 aliphatic carbocycles. The first kappa shape index (κ1) is 13.5. The van der Waals surface area contributed by atoms with E-state index in [0.29, 0.717) is 11.6 Å². The molecule has 0 bridgehead atoms. The average Bonchev–Trinajstić information content (AvgIpc) is 3.01. The van der Waals surface area contributed by atoms with Gasteiger partial charge in [-0.15, -0.1) is 0 Å². The predicted octanol–water partition coefficient (Wildman–Crippen LogP) is 2.90. The number of rotatable bonds is 4. The van der Waals surface area contributed by atoms with Crippen molar-refractivity contribution in [3.63, 3.8) is 0 Å². The van der Waals surface area contributed by atoms with Gasteiger partial charge in [-0.2, -0.15) is 5.10 Å². The van der Waals surface area contributed by atoms with Crippen molar-refractivity contribution in [2.45, 2.75) is 18.9 Å². The van der Waals surface area contributed by atoms with Gasteiger partial charge in [-0.1, -0.05) is 36.7 Å². The van der Waals surface area contributed by atoms with Crippen LogP contribution in [0.5, 0.6) is 5.75 Å². The van der Waals surface area contributed by atoms with E-state index in [1.807, 2.05) is 29.9 Å². The number of aryl methyl sites for hydroxylation is 1. The SMILES string of the molecule is CCNC(c1c(Cl)cnn1C)C1COc2ccccc21. The van der Waals surface area contributed by atoms with Gasteiger partial charge in [0.1, 0.15) is 5.75 Å². The highest BCUT2D eigenvalue weighted by molar-refractivity contribution is 6.31. The minimum absolute atomic E-state index is 0.101. The van der Waals surface area contributed by atoms with Gasteiger partial charge in [0.05, 0.1) is 29.6 Å².